The molecule has 0 saturated heterocycles. The van der Waals surface area contributed by atoms with Crippen molar-refractivity contribution in [2.45, 2.75) is 33.4 Å². The molecule has 0 N–H and O–H groups in total. The lowest BCUT2D eigenvalue weighted by atomic mass is 10.1. The molecule has 1 atom stereocenters. The molecule has 0 fully saturated rings. The van der Waals surface area contributed by atoms with Crippen molar-refractivity contribution in [2.24, 2.45) is 0 Å². The molecule has 6 nitrogen and oxygen atoms in total. The highest BCUT2D eigenvalue weighted by atomic mass is 35.5. The molecule has 0 radical (unpaired) electrons. The molecule has 0 aliphatic carbocycles. The van der Waals surface area contributed by atoms with Crippen LogP contribution in [0.25, 0.3) is 11.4 Å². The van der Waals surface area contributed by atoms with E-state index < -0.39 is 6.10 Å². The Balaban J connectivity index is 1.65. The number of halogens is 2. The maximum Gasteiger partial charge on any atom is 0.263 e. The van der Waals surface area contributed by atoms with Crippen LogP contribution in [0.5, 0.6) is 5.75 Å². The monoisotopic (exact) mass is 433 g/mol. The normalized spacial score (nSPS) is 11.9. The third-order valence-corrected chi connectivity index (χ3v) is 5.33. The SMILES string of the molecule is Cc1cc(OC(C)C(=O)N(C)Cc2nc(-c3ccccc3Cl)no2)cc(C)c1Cl. The van der Waals surface area contributed by atoms with Crippen molar-refractivity contribution in [1.82, 2.24) is 15.0 Å². The summed E-state index contributed by atoms with van der Waals surface area (Å²) in [6, 6.07) is 10.8. The molecule has 8 heteroatoms. The van der Waals surface area contributed by atoms with Crippen LogP contribution in [-0.2, 0) is 11.3 Å². The van der Waals surface area contributed by atoms with Crippen molar-refractivity contribution in [2.75, 3.05) is 7.05 Å². The second kappa shape index (κ2) is 8.84. The van der Waals surface area contributed by atoms with Crippen LogP contribution >= 0.6 is 23.2 Å². The van der Waals surface area contributed by atoms with Crippen LogP contribution in [-0.4, -0.2) is 34.1 Å². The van der Waals surface area contributed by atoms with Crippen LogP contribution in [0.15, 0.2) is 40.9 Å². The fourth-order valence-corrected chi connectivity index (χ4v) is 3.22. The number of ether oxygens (including phenoxy) is 1. The molecule has 0 bridgehead atoms. The zero-order valence-electron chi connectivity index (χ0n) is 16.6. The molecule has 2 aromatic carbocycles. The fourth-order valence-electron chi connectivity index (χ4n) is 2.89. The van der Waals surface area contributed by atoms with Crippen LogP contribution in [0.4, 0.5) is 0 Å². The molecule has 1 heterocycles. The predicted octanol–water partition coefficient (Wildman–Crippen LogP) is 5.09. The summed E-state index contributed by atoms with van der Waals surface area (Å²) in [7, 11) is 1.65. The molecule has 1 unspecified atom stereocenters. The van der Waals surface area contributed by atoms with Gasteiger partial charge in [-0.15, -0.1) is 0 Å². The van der Waals surface area contributed by atoms with E-state index in [1.165, 1.54) is 4.90 Å². The molecule has 1 aromatic heterocycles. The Kier molecular flexibility index (Phi) is 6.45. The van der Waals surface area contributed by atoms with E-state index in [0.29, 0.717) is 33.1 Å². The van der Waals surface area contributed by atoms with Gasteiger partial charge in [0.05, 0.1) is 11.6 Å². The highest BCUT2D eigenvalue weighted by molar-refractivity contribution is 6.33. The lowest BCUT2D eigenvalue weighted by Gasteiger charge is -2.21. The molecule has 152 valence electrons. The molecule has 29 heavy (non-hydrogen) atoms. The maximum atomic E-state index is 12.7. The minimum Gasteiger partial charge on any atom is -0.481 e. The van der Waals surface area contributed by atoms with E-state index in [9.17, 15) is 4.79 Å². The number of benzene rings is 2. The Morgan fingerprint density at radius 2 is 1.86 bits per heavy atom. The van der Waals surface area contributed by atoms with Crippen LogP contribution in [0, 0.1) is 13.8 Å². The van der Waals surface area contributed by atoms with Gasteiger partial charge in [-0.05, 0) is 56.2 Å². The first-order chi connectivity index (χ1) is 13.8. The number of aryl methyl sites for hydroxylation is 2. The van der Waals surface area contributed by atoms with Gasteiger partial charge in [-0.3, -0.25) is 4.79 Å². The molecule has 3 rings (SSSR count). The Hall–Kier alpha value is -2.57. The summed E-state index contributed by atoms with van der Waals surface area (Å²) < 4.78 is 11.1. The van der Waals surface area contributed by atoms with Gasteiger partial charge in [0.25, 0.3) is 5.91 Å². The van der Waals surface area contributed by atoms with Crippen molar-refractivity contribution in [1.29, 1.82) is 0 Å². The van der Waals surface area contributed by atoms with Gasteiger partial charge in [-0.2, -0.15) is 4.98 Å². The lowest BCUT2D eigenvalue weighted by Crippen LogP contribution is -2.37. The first-order valence-corrected chi connectivity index (χ1v) is 9.77. The number of aromatic nitrogens is 2. The quantitative estimate of drug-likeness (QED) is 0.541. The minimum atomic E-state index is -0.689. The van der Waals surface area contributed by atoms with E-state index in [1.54, 1.807) is 26.1 Å². The van der Waals surface area contributed by atoms with E-state index in [1.807, 2.05) is 38.1 Å². The van der Waals surface area contributed by atoms with Gasteiger partial charge in [0, 0.05) is 17.6 Å². The number of carbonyl (C=O) groups is 1. The largest absolute Gasteiger partial charge is 0.481 e. The Bertz CT molecular complexity index is 1010. The molecule has 0 saturated carbocycles. The van der Waals surface area contributed by atoms with Gasteiger partial charge in [0.1, 0.15) is 5.75 Å². The zero-order chi connectivity index (χ0) is 21.1. The first-order valence-electron chi connectivity index (χ1n) is 9.02. The van der Waals surface area contributed by atoms with Crippen molar-refractivity contribution in [3.63, 3.8) is 0 Å². The standard InChI is InChI=1S/C21H21Cl2N3O3/c1-12-9-15(10-13(2)19(12)23)28-14(3)21(27)26(4)11-18-24-20(25-29-18)16-7-5-6-8-17(16)22/h5-10,14H,11H2,1-4H3. The summed E-state index contributed by atoms with van der Waals surface area (Å²) in [5.41, 5.74) is 2.46. The number of hydrogen-bond donors (Lipinski definition) is 0. The smallest absolute Gasteiger partial charge is 0.263 e. The highest BCUT2D eigenvalue weighted by Gasteiger charge is 2.22. The third kappa shape index (κ3) is 4.89. The van der Waals surface area contributed by atoms with E-state index in [4.69, 9.17) is 32.5 Å². The van der Waals surface area contributed by atoms with Gasteiger partial charge in [0.15, 0.2) is 6.10 Å². The Labute approximate surface area is 179 Å². The second-order valence-electron chi connectivity index (χ2n) is 6.82. The Morgan fingerprint density at radius 3 is 2.52 bits per heavy atom. The van der Waals surface area contributed by atoms with E-state index in [-0.39, 0.29) is 12.5 Å². The summed E-state index contributed by atoms with van der Waals surface area (Å²) in [4.78, 5) is 18.5. The first kappa shape index (κ1) is 21.1. The molecule has 3 aromatic rings. The van der Waals surface area contributed by atoms with Crippen LogP contribution in [0.2, 0.25) is 10.0 Å². The molecular weight excluding hydrogens is 413 g/mol. The highest BCUT2D eigenvalue weighted by Crippen LogP contribution is 2.27. The average molecular weight is 434 g/mol. The molecule has 1 amide bonds. The van der Waals surface area contributed by atoms with Gasteiger partial charge < -0.3 is 14.2 Å². The molecule has 0 aliphatic heterocycles. The van der Waals surface area contributed by atoms with Gasteiger partial charge in [-0.25, -0.2) is 0 Å². The van der Waals surface area contributed by atoms with Crippen molar-refractivity contribution >= 4 is 29.1 Å². The van der Waals surface area contributed by atoms with Crippen LogP contribution in [0.1, 0.15) is 23.9 Å². The molecule has 0 spiro atoms. The molecule has 0 aliphatic rings. The van der Waals surface area contributed by atoms with Crippen molar-refractivity contribution < 1.29 is 14.1 Å². The van der Waals surface area contributed by atoms with Gasteiger partial charge >= 0.3 is 0 Å². The van der Waals surface area contributed by atoms with Gasteiger partial charge in [-0.1, -0.05) is 40.5 Å². The number of carbonyl (C=O) groups excluding carboxylic acids is 1. The van der Waals surface area contributed by atoms with E-state index >= 15 is 0 Å². The van der Waals surface area contributed by atoms with Crippen LogP contribution < -0.4 is 4.74 Å². The summed E-state index contributed by atoms with van der Waals surface area (Å²) >= 11 is 12.3. The number of hydrogen-bond acceptors (Lipinski definition) is 5. The summed E-state index contributed by atoms with van der Waals surface area (Å²) in [6.07, 6.45) is -0.689. The predicted molar refractivity (Wildman–Crippen MR) is 112 cm³/mol. The van der Waals surface area contributed by atoms with E-state index in [0.717, 1.165) is 11.1 Å². The van der Waals surface area contributed by atoms with Crippen LogP contribution in [0.3, 0.4) is 0 Å². The van der Waals surface area contributed by atoms with Crippen molar-refractivity contribution in [3.05, 3.63) is 63.5 Å². The van der Waals surface area contributed by atoms with E-state index in [2.05, 4.69) is 10.1 Å². The topological polar surface area (TPSA) is 68.5 Å². The summed E-state index contributed by atoms with van der Waals surface area (Å²) in [5, 5.41) is 5.17. The zero-order valence-corrected chi connectivity index (χ0v) is 18.1. The number of rotatable bonds is 6. The number of amides is 1. The number of likely N-dealkylation sites (N-methyl/N-ethyl adjacent to an activating group) is 1. The second-order valence-corrected chi connectivity index (χ2v) is 7.60. The number of nitrogens with zero attached hydrogens (tertiary/aromatic N) is 3. The van der Waals surface area contributed by atoms with Crippen molar-refractivity contribution in [3.8, 4) is 17.1 Å². The third-order valence-electron chi connectivity index (χ3n) is 4.40. The summed E-state index contributed by atoms with van der Waals surface area (Å²) in [5.74, 6) is 1.06. The Morgan fingerprint density at radius 1 is 1.21 bits per heavy atom. The average Bonchev–Trinajstić information content (AvgIpc) is 3.13. The maximum absolute atomic E-state index is 12.7. The fraction of sp³-hybridized carbons (Fsp3) is 0.286. The van der Waals surface area contributed by atoms with Gasteiger partial charge in [0.2, 0.25) is 11.7 Å². The summed E-state index contributed by atoms with van der Waals surface area (Å²) in [6.45, 7) is 5.64. The minimum absolute atomic E-state index is 0.155. The lowest BCUT2D eigenvalue weighted by molar-refractivity contribution is -0.137. The molecular formula is C21H21Cl2N3O3.